The highest BCUT2D eigenvalue weighted by molar-refractivity contribution is 5.94. The molecule has 1 saturated heterocycles. The number of hydrogen-bond acceptors (Lipinski definition) is 5. The highest BCUT2D eigenvalue weighted by Gasteiger charge is 2.43. The standard InChI is InChI=1S/C24H31FN4O2/c1-16-12-26-24(27-13-16)29-8-6-18(7-9-29)21-11-19(21)15-31-14-17-4-5-20(22(25)10-17)23(30)28(2)3/h4-5,10,12-13,18-19,21H,6-9,11,14-15H2,1-3H3. The summed E-state index contributed by atoms with van der Waals surface area (Å²) in [6.45, 7) is 5.11. The third-order valence-corrected chi connectivity index (χ3v) is 6.44. The summed E-state index contributed by atoms with van der Waals surface area (Å²) in [4.78, 5) is 24.5. The van der Waals surface area contributed by atoms with E-state index >= 15 is 0 Å². The summed E-state index contributed by atoms with van der Waals surface area (Å²) < 4.78 is 20.1. The lowest BCUT2D eigenvalue weighted by molar-refractivity contribution is 0.0822. The average Bonchev–Trinajstić information content (AvgIpc) is 3.53. The molecule has 2 aliphatic rings. The van der Waals surface area contributed by atoms with Gasteiger partial charge >= 0.3 is 0 Å². The van der Waals surface area contributed by atoms with Crippen LogP contribution >= 0.6 is 0 Å². The first-order chi connectivity index (χ1) is 14.9. The summed E-state index contributed by atoms with van der Waals surface area (Å²) in [5.74, 6) is 2.10. The fraction of sp³-hybridized carbons (Fsp3) is 0.542. The number of anilines is 1. The van der Waals surface area contributed by atoms with Crippen LogP contribution in [0.15, 0.2) is 30.6 Å². The molecule has 2 aromatic rings. The van der Waals surface area contributed by atoms with Crippen LogP contribution in [0.1, 0.15) is 40.7 Å². The summed E-state index contributed by atoms with van der Waals surface area (Å²) in [7, 11) is 3.23. The third-order valence-electron chi connectivity index (χ3n) is 6.44. The van der Waals surface area contributed by atoms with Gasteiger partial charge in [0.25, 0.3) is 5.91 Å². The molecule has 2 unspecified atom stereocenters. The Labute approximate surface area is 183 Å². The first kappa shape index (κ1) is 21.7. The lowest BCUT2D eigenvalue weighted by Gasteiger charge is -2.32. The van der Waals surface area contributed by atoms with Crippen molar-refractivity contribution in [2.75, 3.05) is 38.7 Å². The molecule has 1 amide bonds. The predicted molar refractivity (Wildman–Crippen MR) is 117 cm³/mol. The van der Waals surface area contributed by atoms with Gasteiger partial charge in [0.1, 0.15) is 5.82 Å². The van der Waals surface area contributed by atoms with Gasteiger partial charge < -0.3 is 14.5 Å². The number of amides is 1. The Morgan fingerprint density at radius 2 is 1.94 bits per heavy atom. The smallest absolute Gasteiger partial charge is 0.256 e. The van der Waals surface area contributed by atoms with Gasteiger partial charge in [0.15, 0.2) is 0 Å². The van der Waals surface area contributed by atoms with Gasteiger partial charge in [0.2, 0.25) is 5.95 Å². The van der Waals surface area contributed by atoms with Gasteiger partial charge in [-0.15, -0.1) is 0 Å². The fourth-order valence-corrected chi connectivity index (χ4v) is 4.51. The normalized spacial score (nSPS) is 21.2. The number of aryl methyl sites for hydroxylation is 1. The van der Waals surface area contributed by atoms with Crippen molar-refractivity contribution in [3.05, 3.63) is 53.1 Å². The molecule has 2 fully saturated rings. The van der Waals surface area contributed by atoms with E-state index < -0.39 is 5.82 Å². The Bertz CT molecular complexity index is 910. The second kappa shape index (κ2) is 9.30. The van der Waals surface area contributed by atoms with Crippen LogP contribution in [0.4, 0.5) is 10.3 Å². The summed E-state index contributed by atoms with van der Waals surface area (Å²) in [5.41, 5.74) is 1.94. The number of carbonyl (C=O) groups excluding carboxylic acids is 1. The monoisotopic (exact) mass is 426 g/mol. The van der Waals surface area contributed by atoms with Crippen LogP contribution in [0.3, 0.4) is 0 Å². The lowest BCUT2D eigenvalue weighted by atomic mass is 9.91. The topological polar surface area (TPSA) is 58.6 Å². The van der Waals surface area contributed by atoms with Crippen LogP contribution in [-0.2, 0) is 11.3 Å². The molecule has 1 aromatic carbocycles. The molecule has 6 nitrogen and oxygen atoms in total. The van der Waals surface area contributed by atoms with Gasteiger partial charge in [0, 0.05) is 39.6 Å². The van der Waals surface area contributed by atoms with Crippen LogP contribution in [-0.4, -0.2) is 54.6 Å². The zero-order valence-electron chi connectivity index (χ0n) is 18.6. The van der Waals surface area contributed by atoms with Crippen molar-refractivity contribution in [1.29, 1.82) is 0 Å². The maximum absolute atomic E-state index is 14.2. The van der Waals surface area contributed by atoms with Crippen LogP contribution < -0.4 is 4.90 Å². The summed E-state index contributed by atoms with van der Waals surface area (Å²) in [6.07, 6.45) is 7.32. The van der Waals surface area contributed by atoms with Crippen LogP contribution in [0, 0.1) is 30.5 Å². The minimum Gasteiger partial charge on any atom is -0.376 e. The molecule has 0 spiro atoms. The zero-order chi connectivity index (χ0) is 22.0. The zero-order valence-corrected chi connectivity index (χ0v) is 18.6. The van der Waals surface area contributed by atoms with Crippen LogP contribution in [0.2, 0.25) is 0 Å². The van der Waals surface area contributed by atoms with Gasteiger partial charge in [-0.3, -0.25) is 4.79 Å². The number of carbonyl (C=O) groups is 1. The summed E-state index contributed by atoms with van der Waals surface area (Å²) in [5, 5.41) is 0. The average molecular weight is 427 g/mol. The maximum Gasteiger partial charge on any atom is 0.256 e. The molecule has 1 saturated carbocycles. The lowest BCUT2D eigenvalue weighted by Crippen LogP contribution is -2.35. The maximum atomic E-state index is 14.2. The quantitative estimate of drug-likeness (QED) is 0.676. The number of hydrogen-bond donors (Lipinski definition) is 0. The number of piperidine rings is 1. The van der Waals surface area contributed by atoms with Crippen molar-refractivity contribution in [3.8, 4) is 0 Å². The van der Waals surface area contributed by atoms with E-state index in [1.54, 1.807) is 26.2 Å². The first-order valence-electron chi connectivity index (χ1n) is 11.0. The molecule has 0 radical (unpaired) electrons. The van der Waals surface area contributed by atoms with Crippen molar-refractivity contribution in [1.82, 2.24) is 14.9 Å². The van der Waals surface area contributed by atoms with Gasteiger partial charge in [-0.1, -0.05) is 6.07 Å². The molecule has 166 valence electrons. The molecule has 2 heterocycles. The molecule has 0 N–H and O–H groups in total. The largest absolute Gasteiger partial charge is 0.376 e. The summed E-state index contributed by atoms with van der Waals surface area (Å²) in [6, 6.07) is 4.72. The van der Waals surface area contributed by atoms with E-state index in [0.717, 1.165) is 42.0 Å². The Morgan fingerprint density at radius 1 is 1.23 bits per heavy atom. The number of nitrogens with zero attached hydrogens (tertiary/aromatic N) is 4. The number of rotatable bonds is 7. The molecule has 4 rings (SSSR count). The van der Waals surface area contributed by atoms with Crippen molar-refractivity contribution in [3.63, 3.8) is 0 Å². The third kappa shape index (κ3) is 5.21. The molecule has 1 aliphatic carbocycles. The Kier molecular flexibility index (Phi) is 6.51. The highest BCUT2D eigenvalue weighted by Crippen LogP contribution is 2.48. The predicted octanol–water partition coefficient (Wildman–Crippen LogP) is 3.70. The summed E-state index contributed by atoms with van der Waals surface area (Å²) >= 11 is 0. The second-order valence-electron chi connectivity index (χ2n) is 9.07. The van der Waals surface area contributed by atoms with Gasteiger partial charge in [-0.05, 0) is 67.2 Å². The molecule has 1 aliphatic heterocycles. The molecular formula is C24H31FN4O2. The van der Waals surface area contributed by atoms with Gasteiger partial charge in [0.05, 0.1) is 18.8 Å². The van der Waals surface area contributed by atoms with Gasteiger partial charge in [-0.2, -0.15) is 0 Å². The SMILES string of the molecule is Cc1cnc(N2CCC(C3CC3COCc3ccc(C(=O)N(C)C)c(F)c3)CC2)nc1. The molecule has 31 heavy (non-hydrogen) atoms. The van der Waals surface area contributed by atoms with E-state index in [1.807, 2.05) is 19.3 Å². The van der Waals surface area contributed by atoms with Crippen LogP contribution in [0.5, 0.6) is 0 Å². The Morgan fingerprint density at radius 3 is 2.58 bits per heavy atom. The molecule has 7 heteroatoms. The minimum absolute atomic E-state index is 0.0957. The van der Waals surface area contributed by atoms with E-state index in [9.17, 15) is 9.18 Å². The van der Waals surface area contributed by atoms with Crippen molar-refractivity contribution >= 4 is 11.9 Å². The minimum atomic E-state index is -0.492. The van der Waals surface area contributed by atoms with Crippen LogP contribution in [0.25, 0.3) is 0 Å². The van der Waals surface area contributed by atoms with E-state index in [-0.39, 0.29) is 11.5 Å². The number of ether oxygens (including phenoxy) is 1. The fourth-order valence-electron chi connectivity index (χ4n) is 4.51. The van der Waals surface area contributed by atoms with E-state index in [1.165, 1.54) is 30.2 Å². The Hall–Kier alpha value is -2.54. The van der Waals surface area contributed by atoms with E-state index in [2.05, 4.69) is 14.9 Å². The second-order valence-corrected chi connectivity index (χ2v) is 9.07. The molecule has 2 atom stereocenters. The first-order valence-corrected chi connectivity index (χ1v) is 11.0. The number of aromatic nitrogens is 2. The van der Waals surface area contributed by atoms with Crippen molar-refractivity contribution in [2.24, 2.45) is 17.8 Å². The Balaban J connectivity index is 1.19. The molecule has 1 aromatic heterocycles. The van der Waals surface area contributed by atoms with Gasteiger partial charge in [-0.25, -0.2) is 14.4 Å². The van der Waals surface area contributed by atoms with Crippen molar-refractivity contribution < 1.29 is 13.9 Å². The molecular weight excluding hydrogens is 395 g/mol. The highest BCUT2D eigenvalue weighted by atomic mass is 19.1. The van der Waals surface area contributed by atoms with E-state index in [0.29, 0.717) is 19.1 Å². The number of benzene rings is 1. The molecule has 0 bridgehead atoms. The van der Waals surface area contributed by atoms with Crippen molar-refractivity contribution in [2.45, 2.75) is 32.8 Å². The van der Waals surface area contributed by atoms with E-state index in [4.69, 9.17) is 4.74 Å². The number of halogens is 1.